The van der Waals surface area contributed by atoms with Crippen LogP contribution in [0.4, 0.5) is 5.69 Å². The Morgan fingerprint density at radius 3 is 2.46 bits per heavy atom. The Bertz CT molecular complexity index is 936. The predicted octanol–water partition coefficient (Wildman–Crippen LogP) is 5.06. The van der Waals surface area contributed by atoms with Crippen LogP contribution in [0.5, 0.6) is 0 Å². The first-order valence-corrected chi connectivity index (χ1v) is 9.93. The lowest BCUT2D eigenvalue weighted by molar-refractivity contribution is -0.153. The predicted molar refractivity (Wildman–Crippen MR) is 109 cm³/mol. The fraction of sp³-hybridized carbons (Fsp3) is 0.304. The minimum atomic E-state index is -1.39. The number of esters is 1. The van der Waals surface area contributed by atoms with Gasteiger partial charge in [-0.15, -0.1) is 0 Å². The molecule has 4 nitrogen and oxygen atoms in total. The number of benzene rings is 2. The van der Waals surface area contributed by atoms with Crippen molar-refractivity contribution in [3.05, 3.63) is 76.5 Å². The molecule has 0 aromatic heterocycles. The van der Waals surface area contributed by atoms with Crippen molar-refractivity contribution >= 4 is 29.0 Å². The van der Waals surface area contributed by atoms with E-state index in [2.05, 4.69) is 0 Å². The van der Waals surface area contributed by atoms with Crippen molar-refractivity contribution < 1.29 is 14.3 Å². The maximum absolute atomic E-state index is 13.3. The molecular formula is C23H22ClNO3. The second kappa shape index (κ2) is 7.44. The number of halogens is 1. The van der Waals surface area contributed by atoms with Crippen LogP contribution in [0.3, 0.4) is 0 Å². The molecule has 0 saturated heterocycles. The van der Waals surface area contributed by atoms with Gasteiger partial charge in [-0.25, -0.2) is 4.79 Å². The van der Waals surface area contributed by atoms with Gasteiger partial charge < -0.3 is 9.64 Å². The van der Waals surface area contributed by atoms with Gasteiger partial charge >= 0.3 is 5.97 Å². The minimum Gasteiger partial charge on any atom is -0.459 e. The van der Waals surface area contributed by atoms with Crippen molar-refractivity contribution in [1.82, 2.24) is 0 Å². The number of ketones is 1. The standard InChI is InChI=1S/C23H22ClNO3/c1-23(22(27)28-15-16-7-3-2-4-8-16)21(26)19-9-5-6-10-20(19)25(23)18-13-11-17(24)12-14-18/h2-4,7-8,11-14H,5-6,9-10,15H2,1H3/t23-/m1/s1. The van der Waals surface area contributed by atoms with E-state index < -0.39 is 11.5 Å². The van der Waals surface area contributed by atoms with Crippen LogP contribution >= 0.6 is 11.6 Å². The lowest BCUT2D eigenvalue weighted by Crippen LogP contribution is -2.54. The van der Waals surface area contributed by atoms with Gasteiger partial charge in [0.2, 0.25) is 5.54 Å². The van der Waals surface area contributed by atoms with Gasteiger partial charge in [-0.2, -0.15) is 0 Å². The highest BCUT2D eigenvalue weighted by Crippen LogP contribution is 2.45. The molecule has 0 saturated carbocycles. The zero-order valence-electron chi connectivity index (χ0n) is 15.8. The third-order valence-corrected chi connectivity index (χ3v) is 5.82. The first-order chi connectivity index (χ1) is 13.5. The van der Waals surface area contributed by atoms with Crippen LogP contribution in [0.1, 0.15) is 38.2 Å². The Morgan fingerprint density at radius 1 is 1.07 bits per heavy atom. The van der Waals surface area contributed by atoms with Crippen molar-refractivity contribution in [2.75, 3.05) is 4.90 Å². The molecule has 0 fully saturated rings. The molecule has 0 amide bonds. The van der Waals surface area contributed by atoms with Crippen LogP contribution < -0.4 is 4.90 Å². The molecule has 1 aliphatic carbocycles. The molecular weight excluding hydrogens is 374 g/mol. The van der Waals surface area contributed by atoms with E-state index >= 15 is 0 Å². The van der Waals surface area contributed by atoms with Crippen molar-refractivity contribution in [3.8, 4) is 0 Å². The van der Waals surface area contributed by atoms with E-state index in [0.29, 0.717) is 11.4 Å². The summed E-state index contributed by atoms with van der Waals surface area (Å²) >= 11 is 6.05. The molecule has 0 spiro atoms. The maximum Gasteiger partial charge on any atom is 0.340 e. The number of Topliss-reactive ketones (excluding diaryl/α,β-unsaturated/α-hetero) is 1. The van der Waals surface area contributed by atoms with Gasteiger partial charge in [0.25, 0.3) is 0 Å². The quantitative estimate of drug-likeness (QED) is 0.536. The summed E-state index contributed by atoms with van der Waals surface area (Å²) in [4.78, 5) is 28.4. The Labute approximate surface area is 169 Å². The van der Waals surface area contributed by atoms with Gasteiger partial charge in [0.1, 0.15) is 6.61 Å². The molecule has 0 N–H and O–H groups in total. The van der Waals surface area contributed by atoms with Crippen molar-refractivity contribution in [3.63, 3.8) is 0 Å². The van der Waals surface area contributed by atoms with Gasteiger partial charge in [0.15, 0.2) is 5.78 Å². The first-order valence-electron chi connectivity index (χ1n) is 9.55. The molecule has 2 aromatic carbocycles. The normalized spacial score (nSPS) is 21.6. The number of nitrogens with zero attached hydrogens (tertiary/aromatic N) is 1. The molecule has 1 heterocycles. The third-order valence-electron chi connectivity index (χ3n) is 5.57. The van der Waals surface area contributed by atoms with Crippen molar-refractivity contribution in [2.24, 2.45) is 0 Å². The average Bonchev–Trinajstić information content (AvgIpc) is 2.96. The molecule has 1 atom stereocenters. The number of carbonyl (C=O) groups is 2. The van der Waals surface area contributed by atoms with Gasteiger partial charge in [-0.05, 0) is 62.4 Å². The summed E-state index contributed by atoms with van der Waals surface area (Å²) in [6, 6.07) is 16.7. The largest absolute Gasteiger partial charge is 0.459 e. The van der Waals surface area contributed by atoms with Gasteiger partial charge in [0, 0.05) is 22.0 Å². The number of hydrogen-bond acceptors (Lipinski definition) is 4. The molecule has 0 bridgehead atoms. The number of rotatable bonds is 4. The molecule has 28 heavy (non-hydrogen) atoms. The lowest BCUT2D eigenvalue weighted by atomic mass is 9.90. The third kappa shape index (κ3) is 3.12. The summed E-state index contributed by atoms with van der Waals surface area (Å²) in [6.45, 7) is 1.82. The summed E-state index contributed by atoms with van der Waals surface area (Å²) < 4.78 is 5.61. The van der Waals surface area contributed by atoms with Crippen LogP contribution in [0.25, 0.3) is 0 Å². The first kappa shape index (κ1) is 18.8. The fourth-order valence-electron chi connectivity index (χ4n) is 4.10. The topological polar surface area (TPSA) is 46.6 Å². The lowest BCUT2D eigenvalue weighted by Gasteiger charge is -2.35. The Kier molecular flexibility index (Phi) is 4.98. The fourth-order valence-corrected chi connectivity index (χ4v) is 4.22. The summed E-state index contributed by atoms with van der Waals surface area (Å²) in [5.41, 5.74) is 1.99. The van der Waals surface area contributed by atoms with Crippen LogP contribution in [-0.4, -0.2) is 17.3 Å². The second-order valence-corrected chi connectivity index (χ2v) is 7.84. The van der Waals surface area contributed by atoms with Crippen molar-refractivity contribution in [2.45, 2.75) is 44.8 Å². The second-order valence-electron chi connectivity index (χ2n) is 7.41. The molecule has 1 aliphatic heterocycles. The highest BCUT2D eigenvalue weighted by Gasteiger charge is 2.56. The summed E-state index contributed by atoms with van der Waals surface area (Å²) in [5, 5.41) is 0.612. The zero-order valence-corrected chi connectivity index (χ0v) is 16.5. The number of allylic oxidation sites excluding steroid dienone is 1. The van der Waals surface area contributed by atoms with E-state index in [1.807, 2.05) is 47.4 Å². The number of carbonyl (C=O) groups excluding carboxylic acids is 2. The van der Waals surface area contributed by atoms with Gasteiger partial charge in [-0.3, -0.25) is 4.79 Å². The average molecular weight is 396 g/mol. The van der Waals surface area contributed by atoms with E-state index in [1.165, 1.54) is 0 Å². The Hall–Kier alpha value is -2.59. The summed E-state index contributed by atoms with van der Waals surface area (Å²) in [6.07, 6.45) is 3.46. The molecule has 0 unspecified atom stereocenters. The zero-order chi connectivity index (χ0) is 19.7. The highest BCUT2D eigenvalue weighted by molar-refractivity contribution is 6.30. The summed E-state index contributed by atoms with van der Waals surface area (Å²) in [7, 11) is 0. The molecule has 0 radical (unpaired) electrons. The number of anilines is 1. The van der Waals surface area contributed by atoms with Gasteiger partial charge in [0.05, 0.1) is 0 Å². The molecule has 5 heteroatoms. The van der Waals surface area contributed by atoms with Gasteiger partial charge in [-0.1, -0.05) is 41.9 Å². The SMILES string of the molecule is C[C@]1(C(=O)OCc2ccccc2)C(=O)C2=C(CCCC2)N1c1ccc(Cl)cc1. The molecule has 2 aromatic rings. The smallest absolute Gasteiger partial charge is 0.340 e. The van der Waals surface area contributed by atoms with Crippen LogP contribution in [0.2, 0.25) is 5.02 Å². The van der Waals surface area contributed by atoms with E-state index in [4.69, 9.17) is 16.3 Å². The van der Waals surface area contributed by atoms with E-state index in [0.717, 1.165) is 41.8 Å². The van der Waals surface area contributed by atoms with E-state index in [1.54, 1.807) is 19.1 Å². The maximum atomic E-state index is 13.3. The number of ether oxygens (including phenoxy) is 1. The molecule has 4 rings (SSSR count). The molecule has 2 aliphatic rings. The van der Waals surface area contributed by atoms with E-state index in [-0.39, 0.29) is 12.4 Å². The van der Waals surface area contributed by atoms with Crippen LogP contribution in [-0.2, 0) is 20.9 Å². The highest BCUT2D eigenvalue weighted by atomic mass is 35.5. The monoisotopic (exact) mass is 395 g/mol. The summed E-state index contributed by atoms with van der Waals surface area (Å²) in [5.74, 6) is -0.666. The van der Waals surface area contributed by atoms with Crippen LogP contribution in [0, 0.1) is 0 Å². The van der Waals surface area contributed by atoms with E-state index in [9.17, 15) is 9.59 Å². The van der Waals surface area contributed by atoms with Crippen molar-refractivity contribution in [1.29, 1.82) is 0 Å². The molecule has 144 valence electrons. The minimum absolute atomic E-state index is 0.141. The Morgan fingerprint density at radius 2 is 1.75 bits per heavy atom. The Balaban J connectivity index is 1.69. The number of hydrogen-bond donors (Lipinski definition) is 0. The van der Waals surface area contributed by atoms with Crippen LogP contribution in [0.15, 0.2) is 65.9 Å².